The van der Waals surface area contributed by atoms with Gasteiger partial charge in [0.05, 0.1) is 0 Å². The summed E-state index contributed by atoms with van der Waals surface area (Å²) >= 11 is 0. The molecule has 7 aromatic rings. The Hall–Kier alpha value is -6.11. The molecule has 67 heavy (non-hydrogen) atoms. The number of hydrogen-bond donors (Lipinski definition) is 1. The zero-order valence-electron chi connectivity index (χ0n) is 39.7. The number of nitrogens with one attached hydrogen (secondary N) is 1. The van der Waals surface area contributed by atoms with Crippen molar-refractivity contribution in [3.8, 4) is 22.3 Å². The average Bonchev–Trinajstić information content (AvgIpc) is 3.40. The predicted molar refractivity (Wildman–Crippen MR) is 280 cm³/mol. The number of carbonyl (C=O) groups excluding carboxylic acids is 1. The van der Waals surface area contributed by atoms with Crippen molar-refractivity contribution < 1.29 is 4.79 Å². The number of likely N-dealkylation sites (tertiary alicyclic amines) is 2. The van der Waals surface area contributed by atoms with E-state index in [2.05, 4.69) is 203 Å². The summed E-state index contributed by atoms with van der Waals surface area (Å²) in [5, 5.41) is 3.75. The molecule has 5 nitrogen and oxygen atoms in total. The first kappa shape index (κ1) is 47.4. The van der Waals surface area contributed by atoms with E-state index in [1.165, 1.54) is 95.3 Å². The number of piperidine rings is 2. The normalized spacial score (nSPS) is 14.8. The van der Waals surface area contributed by atoms with E-state index in [1.807, 2.05) is 18.2 Å². The van der Waals surface area contributed by atoms with Crippen molar-refractivity contribution in [3.05, 3.63) is 228 Å². The monoisotopic (exact) mass is 887 g/mol. The molecule has 2 fully saturated rings. The molecule has 0 aliphatic carbocycles. The predicted octanol–water partition coefficient (Wildman–Crippen LogP) is 13.5. The summed E-state index contributed by atoms with van der Waals surface area (Å²) in [5.41, 5.74) is 12.4. The first-order valence-electron chi connectivity index (χ1n) is 25.0. The molecule has 0 bridgehead atoms. The van der Waals surface area contributed by atoms with E-state index >= 15 is 0 Å². The van der Waals surface area contributed by atoms with Gasteiger partial charge in [0.15, 0.2) is 0 Å². The number of nitrogens with zero attached hydrogens (tertiary/aromatic N) is 3. The molecule has 1 N–H and O–H groups in total. The van der Waals surface area contributed by atoms with Crippen LogP contribution in [0.1, 0.15) is 90.0 Å². The van der Waals surface area contributed by atoms with Crippen molar-refractivity contribution in [2.75, 3.05) is 26.2 Å². The first-order valence-corrected chi connectivity index (χ1v) is 25.0. The number of unbranched alkanes of at least 4 members (excludes halogenated alkanes) is 2. The number of aryl methyl sites for hydroxylation is 1. The number of hydrogen-bond acceptors (Lipinski definition) is 4. The van der Waals surface area contributed by atoms with Gasteiger partial charge in [-0.3, -0.25) is 14.6 Å². The van der Waals surface area contributed by atoms with Crippen LogP contribution in [0.3, 0.4) is 0 Å². The van der Waals surface area contributed by atoms with Crippen LogP contribution in [0, 0.1) is 0 Å². The summed E-state index contributed by atoms with van der Waals surface area (Å²) in [5.74, 6) is 0.147. The van der Waals surface area contributed by atoms with Crippen LogP contribution in [0.4, 0.5) is 0 Å². The summed E-state index contributed by atoms with van der Waals surface area (Å²) < 4.78 is 0. The molecule has 2 saturated heterocycles. The fourth-order valence-electron chi connectivity index (χ4n) is 9.63. The Labute approximate surface area is 401 Å². The molecule has 9 rings (SSSR count). The van der Waals surface area contributed by atoms with Gasteiger partial charge in [-0.15, -0.1) is 0 Å². The van der Waals surface area contributed by atoms with E-state index in [9.17, 15) is 4.79 Å². The molecule has 2 heterocycles. The van der Waals surface area contributed by atoms with Gasteiger partial charge in [-0.1, -0.05) is 202 Å². The molecule has 7 aromatic carbocycles. The lowest BCUT2D eigenvalue weighted by Crippen LogP contribution is -2.46. The average molecular weight is 887 g/mol. The Morgan fingerprint density at radius 3 is 1.40 bits per heavy atom. The Kier molecular flexibility index (Phi) is 17.8. The minimum atomic E-state index is 0.147. The zero-order chi connectivity index (χ0) is 45.9. The van der Waals surface area contributed by atoms with E-state index in [-0.39, 0.29) is 11.9 Å². The second-order valence-corrected chi connectivity index (χ2v) is 18.6. The lowest BCUT2D eigenvalue weighted by molar-refractivity contribution is 0.0543. The molecular formula is C62H70N4O. The van der Waals surface area contributed by atoms with E-state index in [0.717, 1.165) is 57.5 Å². The van der Waals surface area contributed by atoms with Crippen molar-refractivity contribution in [2.24, 2.45) is 0 Å². The lowest BCUT2D eigenvalue weighted by Gasteiger charge is -2.39. The van der Waals surface area contributed by atoms with Gasteiger partial charge < -0.3 is 10.2 Å². The van der Waals surface area contributed by atoms with Crippen molar-refractivity contribution in [2.45, 2.75) is 96.6 Å². The molecule has 0 radical (unpaired) electrons. The summed E-state index contributed by atoms with van der Waals surface area (Å²) in [7, 11) is 0. The molecule has 5 heteroatoms. The van der Waals surface area contributed by atoms with Gasteiger partial charge >= 0.3 is 0 Å². The van der Waals surface area contributed by atoms with Gasteiger partial charge in [0.1, 0.15) is 0 Å². The summed E-state index contributed by atoms with van der Waals surface area (Å²) in [6, 6.07) is 69.5. The highest BCUT2D eigenvalue weighted by molar-refractivity contribution is 5.94. The molecule has 0 atom stereocenters. The van der Waals surface area contributed by atoms with Crippen LogP contribution >= 0.6 is 0 Å². The SMILES string of the molecule is CCCCCc1ccc(C(=O)N(Cc2ccc(-c3ccccc3)cc2)C2CCN(Cc3ccccc3)CC2)cc1.c1ccc(CN2CCC(NCc3ccc(-c4ccccc4)cc3)CC2)cc1. The third-order valence-corrected chi connectivity index (χ3v) is 13.7. The highest BCUT2D eigenvalue weighted by Crippen LogP contribution is 2.26. The largest absolute Gasteiger partial charge is 0.331 e. The smallest absolute Gasteiger partial charge is 0.254 e. The summed E-state index contributed by atoms with van der Waals surface area (Å²) in [6.07, 6.45) is 9.22. The molecule has 344 valence electrons. The minimum Gasteiger partial charge on any atom is -0.331 e. The van der Waals surface area contributed by atoms with Gasteiger partial charge in [-0.05, 0) is 114 Å². The van der Waals surface area contributed by atoms with E-state index in [1.54, 1.807) is 0 Å². The van der Waals surface area contributed by atoms with Gasteiger partial charge in [0.25, 0.3) is 5.91 Å². The van der Waals surface area contributed by atoms with Crippen LogP contribution in [-0.2, 0) is 32.6 Å². The van der Waals surface area contributed by atoms with Crippen molar-refractivity contribution in [1.82, 2.24) is 20.0 Å². The fraction of sp³-hybridized carbons (Fsp3) is 0.306. The number of amides is 1. The Balaban J connectivity index is 0.000000196. The standard InChI is InChI=1S/C37H42N2O.C25H28N2/c1-2-3-6-11-30-16-22-35(23-17-30)37(40)39(29-32-18-20-34(21-19-32)33-14-9-5-10-15-33)36-24-26-38(27-25-36)28-31-12-7-4-8-13-31;1-3-7-22(8-4-1)20-27-17-15-25(16-18-27)26-19-21-11-13-24(14-12-21)23-9-5-2-6-10-23/h4-5,7-10,12-23,36H,2-3,6,11,24-29H2,1H3;1-14,25-26H,15-20H2. The Morgan fingerprint density at radius 1 is 0.478 bits per heavy atom. The maximum atomic E-state index is 14.0. The van der Waals surface area contributed by atoms with E-state index in [0.29, 0.717) is 12.6 Å². The molecule has 1 amide bonds. The topological polar surface area (TPSA) is 38.8 Å². The van der Waals surface area contributed by atoms with Crippen LogP contribution in [0.15, 0.2) is 194 Å². The molecular weight excluding hydrogens is 817 g/mol. The molecule has 0 aromatic heterocycles. The first-order chi connectivity index (χ1) is 33.1. The van der Waals surface area contributed by atoms with Gasteiger partial charge in [0.2, 0.25) is 0 Å². The molecule has 0 unspecified atom stereocenters. The van der Waals surface area contributed by atoms with E-state index in [4.69, 9.17) is 0 Å². The quantitative estimate of drug-likeness (QED) is 0.0925. The number of carbonyl (C=O) groups is 1. The van der Waals surface area contributed by atoms with Gasteiger partial charge in [0, 0.05) is 56.9 Å². The van der Waals surface area contributed by atoms with E-state index < -0.39 is 0 Å². The van der Waals surface area contributed by atoms with Crippen molar-refractivity contribution in [1.29, 1.82) is 0 Å². The minimum absolute atomic E-state index is 0.147. The fourth-order valence-corrected chi connectivity index (χ4v) is 9.63. The van der Waals surface area contributed by atoms with Gasteiger partial charge in [-0.2, -0.15) is 0 Å². The molecule has 2 aliphatic rings. The maximum absolute atomic E-state index is 14.0. The summed E-state index contributed by atoms with van der Waals surface area (Å²) in [6.45, 7) is 10.3. The molecule has 0 spiro atoms. The zero-order valence-corrected chi connectivity index (χ0v) is 39.7. The van der Waals surface area contributed by atoms with Crippen LogP contribution in [-0.4, -0.2) is 58.9 Å². The second kappa shape index (κ2) is 25.1. The highest BCUT2D eigenvalue weighted by Gasteiger charge is 2.29. The third kappa shape index (κ3) is 14.4. The van der Waals surface area contributed by atoms with Crippen LogP contribution < -0.4 is 5.32 Å². The second-order valence-electron chi connectivity index (χ2n) is 18.6. The lowest BCUT2D eigenvalue weighted by atomic mass is 9.98. The highest BCUT2D eigenvalue weighted by atomic mass is 16.2. The number of rotatable bonds is 17. The number of benzene rings is 7. The van der Waals surface area contributed by atoms with Crippen LogP contribution in [0.5, 0.6) is 0 Å². The summed E-state index contributed by atoms with van der Waals surface area (Å²) in [4.78, 5) is 21.2. The maximum Gasteiger partial charge on any atom is 0.254 e. The molecule has 2 aliphatic heterocycles. The van der Waals surface area contributed by atoms with Crippen LogP contribution in [0.25, 0.3) is 22.3 Å². The van der Waals surface area contributed by atoms with Gasteiger partial charge in [-0.25, -0.2) is 0 Å². The Morgan fingerprint density at radius 2 is 0.910 bits per heavy atom. The molecule has 0 saturated carbocycles. The van der Waals surface area contributed by atoms with Crippen LogP contribution in [0.2, 0.25) is 0 Å². The Bertz CT molecular complexity index is 2460. The van der Waals surface area contributed by atoms with Crippen molar-refractivity contribution >= 4 is 5.91 Å². The van der Waals surface area contributed by atoms with Crippen molar-refractivity contribution in [3.63, 3.8) is 0 Å². The third-order valence-electron chi connectivity index (χ3n) is 13.7.